The van der Waals surface area contributed by atoms with Crippen LogP contribution in [0.3, 0.4) is 0 Å². The molecule has 10 heteroatoms. The minimum absolute atomic E-state index is 0.0317. The van der Waals surface area contributed by atoms with Crippen LogP contribution in [0.15, 0.2) is 53.3 Å². The van der Waals surface area contributed by atoms with Crippen molar-refractivity contribution in [1.29, 1.82) is 0 Å². The molecule has 0 radical (unpaired) electrons. The Morgan fingerprint density at radius 3 is 2.28 bits per heavy atom. The SMILES string of the molecule is O=C(Cn1c(=O)nc2n1C(=O)N(c1ccc(F)cc1)C2)NCc1ccc(F)cc1. The van der Waals surface area contributed by atoms with Crippen LogP contribution in [-0.4, -0.2) is 26.3 Å². The van der Waals surface area contributed by atoms with Gasteiger partial charge in [-0.15, -0.1) is 0 Å². The molecule has 2 amide bonds. The number of carbonyl (C=O) groups is 2. The van der Waals surface area contributed by atoms with E-state index >= 15 is 0 Å². The molecule has 1 aromatic heterocycles. The Kier molecular flexibility index (Phi) is 4.67. The first-order valence-electron chi connectivity index (χ1n) is 8.69. The lowest BCUT2D eigenvalue weighted by molar-refractivity contribution is -0.122. The zero-order valence-electron chi connectivity index (χ0n) is 15.0. The van der Waals surface area contributed by atoms with Gasteiger partial charge in [-0.25, -0.2) is 23.1 Å². The number of amides is 2. The summed E-state index contributed by atoms with van der Waals surface area (Å²) in [4.78, 5) is 42.3. The highest BCUT2D eigenvalue weighted by atomic mass is 19.1. The molecule has 2 aromatic carbocycles. The fourth-order valence-electron chi connectivity index (χ4n) is 3.04. The number of halogens is 2. The smallest absolute Gasteiger partial charge is 0.350 e. The van der Waals surface area contributed by atoms with Crippen molar-refractivity contribution in [3.63, 3.8) is 0 Å². The first-order chi connectivity index (χ1) is 13.9. The topological polar surface area (TPSA) is 89.2 Å². The second kappa shape index (κ2) is 7.30. The third-order valence-electron chi connectivity index (χ3n) is 4.48. The largest absolute Gasteiger partial charge is 0.365 e. The second-order valence-electron chi connectivity index (χ2n) is 6.43. The molecule has 4 rings (SSSR count). The van der Waals surface area contributed by atoms with Gasteiger partial charge in [0.2, 0.25) is 5.91 Å². The highest BCUT2D eigenvalue weighted by molar-refractivity contribution is 5.95. The van der Waals surface area contributed by atoms with Crippen LogP contribution in [0.2, 0.25) is 0 Å². The average molecular weight is 399 g/mol. The molecular formula is C19H15F2N5O3. The number of nitrogens with one attached hydrogen (secondary N) is 1. The zero-order valence-corrected chi connectivity index (χ0v) is 15.0. The van der Waals surface area contributed by atoms with Crippen LogP contribution in [0, 0.1) is 11.6 Å². The van der Waals surface area contributed by atoms with Gasteiger partial charge >= 0.3 is 11.7 Å². The molecule has 0 spiro atoms. The Hall–Kier alpha value is -3.82. The Bertz CT molecular complexity index is 1140. The molecule has 8 nitrogen and oxygen atoms in total. The number of aromatic nitrogens is 3. The summed E-state index contributed by atoms with van der Waals surface area (Å²) < 4.78 is 28.0. The van der Waals surface area contributed by atoms with Crippen LogP contribution in [0.1, 0.15) is 11.4 Å². The van der Waals surface area contributed by atoms with Gasteiger partial charge in [0.25, 0.3) is 0 Å². The van der Waals surface area contributed by atoms with Crippen LogP contribution in [0.25, 0.3) is 0 Å². The van der Waals surface area contributed by atoms with Gasteiger partial charge in [0, 0.05) is 12.2 Å². The fourth-order valence-corrected chi connectivity index (χ4v) is 3.04. The van der Waals surface area contributed by atoms with Crippen molar-refractivity contribution in [2.24, 2.45) is 0 Å². The maximum absolute atomic E-state index is 13.1. The summed E-state index contributed by atoms with van der Waals surface area (Å²) >= 11 is 0. The molecule has 0 saturated heterocycles. The van der Waals surface area contributed by atoms with Gasteiger partial charge in [-0.2, -0.15) is 9.67 Å². The van der Waals surface area contributed by atoms with Crippen molar-refractivity contribution in [3.8, 4) is 0 Å². The normalized spacial score (nSPS) is 12.9. The molecule has 29 heavy (non-hydrogen) atoms. The van der Waals surface area contributed by atoms with E-state index in [1.165, 1.54) is 53.4 Å². The minimum Gasteiger partial charge on any atom is -0.350 e. The van der Waals surface area contributed by atoms with Gasteiger partial charge in [0.05, 0.1) is 6.54 Å². The van der Waals surface area contributed by atoms with Gasteiger partial charge in [0.1, 0.15) is 18.2 Å². The number of anilines is 1. The minimum atomic E-state index is -0.718. The second-order valence-corrected chi connectivity index (χ2v) is 6.43. The average Bonchev–Trinajstić information content (AvgIpc) is 3.18. The van der Waals surface area contributed by atoms with Crippen LogP contribution in [-0.2, 0) is 24.4 Å². The zero-order chi connectivity index (χ0) is 20.5. The van der Waals surface area contributed by atoms with E-state index in [9.17, 15) is 23.2 Å². The van der Waals surface area contributed by atoms with Gasteiger partial charge in [0.15, 0.2) is 5.82 Å². The van der Waals surface area contributed by atoms with E-state index in [-0.39, 0.29) is 24.7 Å². The summed E-state index contributed by atoms with van der Waals surface area (Å²) in [6.07, 6.45) is 0. The lowest BCUT2D eigenvalue weighted by atomic mass is 10.2. The van der Waals surface area contributed by atoms with Crippen molar-refractivity contribution < 1.29 is 18.4 Å². The van der Waals surface area contributed by atoms with E-state index in [1.54, 1.807) is 0 Å². The molecule has 0 saturated carbocycles. The van der Waals surface area contributed by atoms with E-state index in [0.29, 0.717) is 11.3 Å². The van der Waals surface area contributed by atoms with Crippen molar-refractivity contribution in [2.45, 2.75) is 19.6 Å². The van der Waals surface area contributed by atoms with E-state index in [1.807, 2.05) is 0 Å². The molecular weight excluding hydrogens is 384 g/mol. The maximum atomic E-state index is 13.1. The monoisotopic (exact) mass is 399 g/mol. The molecule has 1 aliphatic rings. The predicted molar refractivity (Wildman–Crippen MR) is 98.1 cm³/mol. The molecule has 0 atom stereocenters. The third kappa shape index (κ3) is 3.64. The Morgan fingerprint density at radius 2 is 1.62 bits per heavy atom. The first kappa shape index (κ1) is 18.5. The molecule has 2 heterocycles. The Labute approximate surface area is 163 Å². The third-order valence-corrected chi connectivity index (χ3v) is 4.48. The Morgan fingerprint density at radius 1 is 1.00 bits per heavy atom. The highest BCUT2D eigenvalue weighted by Gasteiger charge is 2.33. The van der Waals surface area contributed by atoms with Crippen LogP contribution in [0.5, 0.6) is 0 Å². The number of benzene rings is 2. The van der Waals surface area contributed by atoms with E-state index in [2.05, 4.69) is 10.3 Å². The van der Waals surface area contributed by atoms with Crippen molar-refractivity contribution in [2.75, 3.05) is 4.90 Å². The molecule has 1 aliphatic heterocycles. The highest BCUT2D eigenvalue weighted by Crippen LogP contribution is 2.23. The Balaban J connectivity index is 1.48. The summed E-state index contributed by atoms with van der Waals surface area (Å²) in [6, 6.07) is 10.4. The lowest BCUT2D eigenvalue weighted by Gasteiger charge is -2.15. The number of rotatable bonds is 5. The number of carbonyl (C=O) groups excluding carboxylic acids is 2. The van der Waals surface area contributed by atoms with Crippen LogP contribution in [0.4, 0.5) is 19.3 Å². The molecule has 0 fully saturated rings. The molecule has 0 unspecified atom stereocenters. The van der Waals surface area contributed by atoms with Crippen LogP contribution < -0.4 is 15.9 Å². The summed E-state index contributed by atoms with van der Waals surface area (Å²) in [5.74, 6) is -1.14. The standard InChI is InChI=1S/C19H15F2N5O3/c20-13-3-1-12(2-4-13)9-22-17(27)11-25-18(28)23-16-10-24(19(29)26(16)25)15-7-5-14(21)6-8-15/h1-8H,9-11H2,(H,22,27). The summed E-state index contributed by atoms with van der Waals surface area (Å²) in [5, 5.41) is 2.61. The summed E-state index contributed by atoms with van der Waals surface area (Å²) in [7, 11) is 0. The predicted octanol–water partition coefficient (Wildman–Crippen LogP) is 1.63. The molecule has 3 aromatic rings. The molecule has 148 valence electrons. The quantitative estimate of drug-likeness (QED) is 0.706. The fraction of sp³-hybridized carbons (Fsp3) is 0.158. The maximum Gasteiger partial charge on any atom is 0.365 e. The van der Waals surface area contributed by atoms with Gasteiger partial charge in [-0.05, 0) is 42.0 Å². The summed E-state index contributed by atoms with van der Waals surface area (Å²) in [5.41, 5.74) is 0.412. The number of hydrogen-bond donors (Lipinski definition) is 1. The van der Waals surface area contributed by atoms with Gasteiger partial charge in [-0.3, -0.25) is 9.69 Å². The number of nitrogens with zero attached hydrogens (tertiary/aromatic N) is 4. The van der Waals surface area contributed by atoms with Crippen molar-refractivity contribution >= 4 is 17.6 Å². The van der Waals surface area contributed by atoms with E-state index in [4.69, 9.17) is 0 Å². The van der Waals surface area contributed by atoms with Gasteiger partial charge in [-0.1, -0.05) is 12.1 Å². The van der Waals surface area contributed by atoms with E-state index in [0.717, 1.165) is 9.36 Å². The van der Waals surface area contributed by atoms with E-state index < -0.39 is 30.0 Å². The lowest BCUT2D eigenvalue weighted by Crippen LogP contribution is -2.38. The van der Waals surface area contributed by atoms with Crippen molar-refractivity contribution in [3.05, 3.63) is 82.0 Å². The van der Waals surface area contributed by atoms with Crippen LogP contribution >= 0.6 is 0 Å². The van der Waals surface area contributed by atoms with Crippen molar-refractivity contribution in [1.82, 2.24) is 19.7 Å². The first-order valence-corrected chi connectivity index (χ1v) is 8.69. The number of fused-ring (bicyclic) bond motifs is 1. The summed E-state index contributed by atoms with van der Waals surface area (Å²) in [6.45, 7) is -0.232. The molecule has 1 N–H and O–H groups in total. The molecule has 0 bridgehead atoms. The molecule has 0 aliphatic carbocycles. The number of hydrogen-bond acceptors (Lipinski definition) is 4. The van der Waals surface area contributed by atoms with Gasteiger partial charge < -0.3 is 5.32 Å².